The molecule has 1 unspecified atom stereocenters. The summed E-state index contributed by atoms with van der Waals surface area (Å²) >= 11 is 6.23. The van der Waals surface area contributed by atoms with Gasteiger partial charge in [-0.2, -0.15) is 0 Å². The van der Waals surface area contributed by atoms with Gasteiger partial charge in [0, 0.05) is 24.2 Å². The standard InChI is InChI=1S/C17H25ClN2/c18-16-4-2-1-3-15(16)17(19)9-10-20(11-13-5-6-13)12-14-7-8-14/h1-4,13-14,17H,5-12,19H2. The quantitative estimate of drug-likeness (QED) is 0.788. The molecule has 2 fully saturated rings. The predicted octanol–water partition coefficient (Wildman–Crippen LogP) is 3.85. The summed E-state index contributed by atoms with van der Waals surface area (Å²) < 4.78 is 0. The molecule has 0 heterocycles. The van der Waals surface area contributed by atoms with Crippen LogP contribution in [0.1, 0.15) is 43.7 Å². The average molecular weight is 293 g/mol. The zero-order chi connectivity index (χ0) is 13.9. The first-order valence-electron chi connectivity index (χ1n) is 7.94. The molecule has 3 rings (SSSR count). The van der Waals surface area contributed by atoms with E-state index in [0.717, 1.165) is 35.4 Å². The first-order chi connectivity index (χ1) is 9.72. The summed E-state index contributed by atoms with van der Waals surface area (Å²) in [6.45, 7) is 3.68. The van der Waals surface area contributed by atoms with Crippen LogP contribution >= 0.6 is 11.6 Å². The molecular formula is C17H25ClN2. The molecule has 2 aliphatic rings. The molecule has 2 N–H and O–H groups in total. The van der Waals surface area contributed by atoms with Crippen molar-refractivity contribution in [2.75, 3.05) is 19.6 Å². The number of hydrogen-bond donors (Lipinski definition) is 1. The van der Waals surface area contributed by atoms with Crippen LogP contribution in [-0.2, 0) is 0 Å². The highest BCUT2D eigenvalue weighted by Gasteiger charge is 2.29. The molecule has 0 aliphatic heterocycles. The number of nitrogens with two attached hydrogens (primary N) is 1. The fourth-order valence-electron chi connectivity index (χ4n) is 2.84. The van der Waals surface area contributed by atoms with Gasteiger partial charge in [0.25, 0.3) is 0 Å². The summed E-state index contributed by atoms with van der Waals surface area (Å²) in [6.07, 6.45) is 6.72. The van der Waals surface area contributed by atoms with Gasteiger partial charge >= 0.3 is 0 Å². The number of benzene rings is 1. The van der Waals surface area contributed by atoms with Crippen LogP contribution in [0.4, 0.5) is 0 Å². The summed E-state index contributed by atoms with van der Waals surface area (Å²) in [5.74, 6) is 1.93. The van der Waals surface area contributed by atoms with Crippen LogP contribution in [-0.4, -0.2) is 24.5 Å². The van der Waals surface area contributed by atoms with Gasteiger partial charge in [-0.05, 0) is 62.1 Å². The van der Waals surface area contributed by atoms with Crippen molar-refractivity contribution in [3.05, 3.63) is 34.9 Å². The first-order valence-corrected chi connectivity index (χ1v) is 8.32. The van der Waals surface area contributed by atoms with E-state index in [1.54, 1.807) is 0 Å². The van der Waals surface area contributed by atoms with Crippen LogP contribution in [0.5, 0.6) is 0 Å². The van der Waals surface area contributed by atoms with Crippen LogP contribution in [0.25, 0.3) is 0 Å². The second-order valence-corrected chi connectivity index (χ2v) is 6.97. The van der Waals surface area contributed by atoms with Crippen molar-refractivity contribution < 1.29 is 0 Å². The fraction of sp³-hybridized carbons (Fsp3) is 0.647. The van der Waals surface area contributed by atoms with Gasteiger partial charge in [-0.1, -0.05) is 29.8 Å². The largest absolute Gasteiger partial charge is 0.324 e. The van der Waals surface area contributed by atoms with Gasteiger partial charge in [0.2, 0.25) is 0 Å². The van der Waals surface area contributed by atoms with Gasteiger partial charge in [-0.25, -0.2) is 0 Å². The summed E-state index contributed by atoms with van der Waals surface area (Å²) in [5.41, 5.74) is 7.42. The van der Waals surface area contributed by atoms with Crippen molar-refractivity contribution in [1.82, 2.24) is 4.90 Å². The van der Waals surface area contributed by atoms with Crippen LogP contribution in [0.2, 0.25) is 5.02 Å². The molecule has 0 aromatic heterocycles. The van der Waals surface area contributed by atoms with Crippen LogP contribution in [0.15, 0.2) is 24.3 Å². The molecule has 1 aromatic carbocycles. The fourth-order valence-corrected chi connectivity index (χ4v) is 3.12. The van der Waals surface area contributed by atoms with E-state index in [2.05, 4.69) is 11.0 Å². The van der Waals surface area contributed by atoms with Gasteiger partial charge in [-0.3, -0.25) is 0 Å². The molecule has 1 aromatic rings. The van der Waals surface area contributed by atoms with E-state index in [1.807, 2.05) is 18.2 Å². The Kier molecular flexibility index (Phi) is 4.65. The Morgan fingerprint density at radius 3 is 2.25 bits per heavy atom. The van der Waals surface area contributed by atoms with Gasteiger partial charge in [0.05, 0.1) is 0 Å². The lowest BCUT2D eigenvalue weighted by Gasteiger charge is -2.24. The third-order valence-electron chi connectivity index (χ3n) is 4.49. The normalized spacial score (nSPS) is 20.4. The van der Waals surface area contributed by atoms with E-state index >= 15 is 0 Å². The molecule has 0 bridgehead atoms. The second-order valence-electron chi connectivity index (χ2n) is 6.56. The minimum atomic E-state index is 0.0598. The Balaban J connectivity index is 1.51. The van der Waals surface area contributed by atoms with Gasteiger partial charge in [0.15, 0.2) is 0 Å². The lowest BCUT2D eigenvalue weighted by molar-refractivity contribution is 0.243. The highest BCUT2D eigenvalue weighted by atomic mass is 35.5. The topological polar surface area (TPSA) is 29.3 Å². The number of halogens is 1. The van der Waals surface area contributed by atoms with Crippen molar-refractivity contribution >= 4 is 11.6 Å². The molecule has 0 saturated heterocycles. The van der Waals surface area contributed by atoms with E-state index in [9.17, 15) is 0 Å². The van der Waals surface area contributed by atoms with Crippen molar-refractivity contribution in [3.8, 4) is 0 Å². The molecule has 2 nitrogen and oxygen atoms in total. The number of hydrogen-bond acceptors (Lipinski definition) is 2. The second kappa shape index (κ2) is 6.46. The van der Waals surface area contributed by atoms with Gasteiger partial charge < -0.3 is 10.6 Å². The summed E-state index contributed by atoms with van der Waals surface area (Å²) in [7, 11) is 0. The summed E-state index contributed by atoms with van der Waals surface area (Å²) in [4.78, 5) is 2.64. The third kappa shape index (κ3) is 4.21. The Bertz CT molecular complexity index is 426. The maximum atomic E-state index is 6.33. The Labute approximate surface area is 127 Å². The van der Waals surface area contributed by atoms with E-state index in [4.69, 9.17) is 17.3 Å². The lowest BCUT2D eigenvalue weighted by atomic mass is 10.0. The summed E-state index contributed by atoms with van der Waals surface area (Å²) in [5, 5.41) is 0.802. The van der Waals surface area contributed by atoms with Gasteiger partial charge in [0.1, 0.15) is 0 Å². The maximum Gasteiger partial charge on any atom is 0.0453 e. The minimum Gasteiger partial charge on any atom is -0.324 e. The van der Waals surface area contributed by atoms with Crippen LogP contribution in [0, 0.1) is 11.8 Å². The van der Waals surface area contributed by atoms with Crippen LogP contribution < -0.4 is 5.73 Å². The molecule has 1 atom stereocenters. The SMILES string of the molecule is NC(CCN(CC1CC1)CC1CC1)c1ccccc1Cl. The lowest BCUT2D eigenvalue weighted by Crippen LogP contribution is -2.31. The molecule has 3 heteroatoms. The maximum absolute atomic E-state index is 6.33. The van der Waals surface area contributed by atoms with Gasteiger partial charge in [-0.15, -0.1) is 0 Å². The Morgan fingerprint density at radius 1 is 1.10 bits per heavy atom. The van der Waals surface area contributed by atoms with Crippen LogP contribution in [0.3, 0.4) is 0 Å². The molecule has 110 valence electrons. The first kappa shape index (κ1) is 14.4. The third-order valence-corrected chi connectivity index (χ3v) is 4.83. The molecule has 0 radical (unpaired) electrons. The Morgan fingerprint density at radius 2 is 1.70 bits per heavy atom. The Hall–Kier alpha value is -0.570. The van der Waals surface area contributed by atoms with Crippen molar-refractivity contribution in [2.45, 2.75) is 38.1 Å². The number of rotatable bonds is 8. The monoisotopic (exact) mass is 292 g/mol. The zero-order valence-electron chi connectivity index (χ0n) is 12.1. The van der Waals surface area contributed by atoms with Crippen molar-refractivity contribution in [3.63, 3.8) is 0 Å². The zero-order valence-corrected chi connectivity index (χ0v) is 12.9. The van der Waals surface area contributed by atoms with E-state index in [-0.39, 0.29) is 6.04 Å². The smallest absolute Gasteiger partial charge is 0.0453 e. The molecular weight excluding hydrogens is 268 g/mol. The summed E-state index contributed by atoms with van der Waals surface area (Å²) in [6, 6.07) is 8.03. The van der Waals surface area contributed by atoms with Crippen molar-refractivity contribution in [1.29, 1.82) is 0 Å². The average Bonchev–Trinajstić information content (AvgIpc) is 3.32. The highest BCUT2D eigenvalue weighted by molar-refractivity contribution is 6.31. The molecule has 0 amide bonds. The molecule has 20 heavy (non-hydrogen) atoms. The molecule has 2 saturated carbocycles. The predicted molar refractivity (Wildman–Crippen MR) is 84.9 cm³/mol. The minimum absolute atomic E-state index is 0.0598. The van der Waals surface area contributed by atoms with Crippen molar-refractivity contribution in [2.24, 2.45) is 17.6 Å². The van der Waals surface area contributed by atoms with E-state index < -0.39 is 0 Å². The van der Waals surface area contributed by atoms with E-state index in [0.29, 0.717) is 0 Å². The highest BCUT2D eigenvalue weighted by Crippen LogP contribution is 2.34. The number of nitrogens with zero attached hydrogens (tertiary/aromatic N) is 1. The van der Waals surface area contributed by atoms with E-state index in [1.165, 1.54) is 38.8 Å². The molecule has 2 aliphatic carbocycles. The molecule has 0 spiro atoms.